The Labute approximate surface area is 199 Å². The van der Waals surface area contributed by atoms with Crippen LogP contribution < -0.4 is 15.6 Å². The maximum absolute atomic E-state index is 12.6. The Morgan fingerprint density at radius 3 is 2.97 bits per heavy atom. The van der Waals surface area contributed by atoms with E-state index in [9.17, 15) is 9.59 Å². The highest BCUT2D eigenvalue weighted by Crippen LogP contribution is 2.34. The van der Waals surface area contributed by atoms with E-state index in [0.717, 1.165) is 40.8 Å². The van der Waals surface area contributed by atoms with Crippen molar-refractivity contribution >= 4 is 44.9 Å². The van der Waals surface area contributed by atoms with E-state index in [4.69, 9.17) is 4.74 Å². The summed E-state index contributed by atoms with van der Waals surface area (Å²) in [4.78, 5) is 34.8. The first kappa shape index (κ1) is 21.7. The van der Waals surface area contributed by atoms with Crippen LogP contribution in [0.25, 0.3) is 10.2 Å². The number of benzene rings is 2. The number of carbonyl (C=O) groups excluding carboxylic acids is 1. The van der Waals surface area contributed by atoms with Crippen molar-refractivity contribution in [1.82, 2.24) is 9.97 Å². The molecule has 4 aromatic rings. The summed E-state index contributed by atoms with van der Waals surface area (Å²) < 4.78 is 5.97. The van der Waals surface area contributed by atoms with Crippen LogP contribution in [0, 0.1) is 6.92 Å². The fourth-order valence-electron chi connectivity index (χ4n) is 4.01. The minimum Gasteiger partial charge on any atom is -0.455 e. The fourth-order valence-corrected chi connectivity index (χ4v) is 5.98. The quantitative estimate of drug-likeness (QED) is 0.370. The number of para-hydroxylation sites is 2. The van der Waals surface area contributed by atoms with Gasteiger partial charge in [0.1, 0.15) is 16.4 Å². The predicted molar refractivity (Wildman–Crippen MR) is 135 cm³/mol. The first-order chi connectivity index (χ1) is 16.1. The van der Waals surface area contributed by atoms with Crippen molar-refractivity contribution in [3.8, 4) is 11.5 Å². The van der Waals surface area contributed by atoms with Gasteiger partial charge in [-0.3, -0.25) is 9.59 Å². The van der Waals surface area contributed by atoms with E-state index in [1.165, 1.54) is 22.2 Å². The van der Waals surface area contributed by atoms with Crippen LogP contribution in [0.5, 0.6) is 11.5 Å². The van der Waals surface area contributed by atoms with E-state index in [1.54, 1.807) is 11.3 Å². The third kappa shape index (κ3) is 4.82. The van der Waals surface area contributed by atoms with Crippen LogP contribution in [-0.4, -0.2) is 21.6 Å². The number of H-pyrrole nitrogens is 1. The number of amides is 1. The highest BCUT2D eigenvalue weighted by molar-refractivity contribution is 7.99. The smallest absolute Gasteiger partial charge is 0.259 e. The van der Waals surface area contributed by atoms with Gasteiger partial charge in [-0.15, -0.1) is 23.1 Å². The number of anilines is 1. The van der Waals surface area contributed by atoms with Crippen molar-refractivity contribution in [1.29, 1.82) is 0 Å². The fraction of sp³-hybridized carbons (Fsp3) is 0.240. The maximum atomic E-state index is 12.6. The molecule has 0 atom stereocenters. The number of thioether (sulfide) groups is 1. The second-order valence-corrected chi connectivity index (χ2v) is 10.1. The van der Waals surface area contributed by atoms with Crippen molar-refractivity contribution < 1.29 is 9.53 Å². The summed E-state index contributed by atoms with van der Waals surface area (Å²) in [6.45, 7) is 2.00. The molecule has 0 saturated heterocycles. The molecule has 5 rings (SSSR count). The summed E-state index contributed by atoms with van der Waals surface area (Å²) in [5, 5.41) is 3.68. The highest BCUT2D eigenvalue weighted by atomic mass is 32.2. The second-order valence-electron chi connectivity index (χ2n) is 8.01. The number of carbonyl (C=O) groups is 1. The van der Waals surface area contributed by atoms with Crippen LogP contribution >= 0.6 is 23.1 Å². The SMILES string of the molecule is Cc1cccc(Oc2ccccc2NC(=O)CSCc2nc3sc4c(c3c(=O)[nH]2)CCC4)c1. The zero-order valence-corrected chi connectivity index (χ0v) is 19.8. The largest absolute Gasteiger partial charge is 0.455 e. The van der Waals surface area contributed by atoms with Crippen molar-refractivity contribution in [2.45, 2.75) is 31.9 Å². The van der Waals surface area contributed by atoms with Gasteiger partial charge in [0.05, 0.1) is 22.6 Å². The Morgan fingerprint density at radius 1 is 1.21 bits per heavy atom. The molecule has 0 saturated carbocycles. The van der Waals surface area contributed by atoms with Gasteiger partial charge in [0, 0.05) is 4.88 Å². The summed E-state index contributed by atoms with van der Waals surface area (Å²) in [6, 6.07) is 15.1. The Bertz CT molecular complexity index is 1390. The number of ether oxygens (including phenoxy) is 1. The van der Waals surface area contributed by atoms with Crippen LogP contribution in [-0.2, 0) is 23.4 Å². The molecule has 2 aromatic carbocycles. The number of aryl methyl sites for hydroxylation is 3. The Balaban J connectivity index is 1.21. The molecular formula is C25H23N3O3S2. The van der Waals surface area contributed by atoms with Crippen LogP contribution in [0.2, 0.25) is 0 Å². The van der Waals surface area contributed by atoms with E-state index in [2.05, 4.69) is 15.3 Å². The van der Waals surface area contributed by atoms with Gasteiger partial charge in [-0.2, -0.15) is 0 Å². The first-order valence-corrected chi connectivity index (χ1v) is 12.8. The molecule has 0 unspecified atom stereocenters. The highest BCUT2D eigenvalue weighted by Gasteiger charge is 2.21. The zero-order chi connectivity index (χ0) is 22.8. The molecule has 1 aliphatic rings. The van der Waals surface area contributed by atoms with Crippen LogP contribution in [0.15, 0.2) is 53.3 Å². The standard InChI is InChI=1S/C25H23N3O3S2/c1-15-6-4-7-16(12-15)31-19-10-3-2-9-18(19)26-22(29)14-32-13-21-27-24(30)23-17-8-5-11-20(17)33-25(23)28-21/h2-4,6-7,9-10,12H,5,8,11,13-14H2,1H3,(H,26,29)(H,27,28,30). The van der Waals surface area contributed by atoms with Gasteiger partial charge in [-0.1, -0.05) is 24.3 Å². The minimum absolute atomic E-state index is 0.0679. The number of aromatic amines is 1. The molecule has 2 N–H and O–H groups in total. The zero-order valence-electron chi connectivity index (χ0n) is 18.1. The van der Waals surface area contributed by atoms with E-state index in [1.807, 2.05) is 55.5 Å². The van der Waals surface area contributed by atoms with E-state index < -0.39 is 0 Å². The summed E-state index contributed by atoms with van der Waals surface area (Å²) in [5.41, 5.74) is 2.82. The molecule has 0 radical (unpaired) electrons. The molecular weight excluding hydrogens is 454 g/mol. The predicted octanol–water partition coefficient (Wildman–Crippen LogP) is 5.45. The number of thiophene rings is 1. The molecule has 0 bridgehead atoms. The van der Waals surface area contributed by atoms with Crippen LogP contribution in [0.1, 0.15) is 28.2 Å². The van der Waals surface area contributed by atoms with Gasteiger partial charge in [-0.25, -0.2) is 4.98 Å². The van der Waals surface area contributed by atoms with Crippen molar-refractivity contribution in [3.63, 3.8) is 0 Å². The molecule has 0 aliphatic heterocycles. The van der Waals surface area contributed by atoms with E-state index in [0.29, 0.717) is 23.0 Å². The lowest BCUT2D eigenvalue weighted by atomic mass is 10.2. The average molecular weight is 478 g/mol. The van der Waals surface area contributed by atoms with Crippen molar-refractivity contribution in [2.75, 3.05) is 11.1 Å². The lowest BCUT2D eigenvalue weighted by molar-refractivity contribution is -0.113. The summed E-state index contributed by atoms with van der Waals surface area (Å²) in [5.74, 6) is 2.47. The van der Waals surface area contributed by atoms with Gasteiger partial charge in [0.15, 0.2) is 5.75 Å². The van der Waals surface area contributed by atoms with Gasteiger partial charge < -0.3 is 15.0 Å². The minimum atomic E-state index is -0.140. The molecule has 2 aromatic heterocycles. The molecule has 1 aliphatic carbocycles. The molecule has 0 spiro atoms. The lowest BCUT2D eigenvalue weighted by Gasteiger charge is -2.12. The average Bonchev–Trinajstić information content (AvgIpc) is 3.36. The maximum Gasteiger partial charge on any atom is 0.259 e. The molecule has 8 heteroatoms. The number of hydrogen-bond donors (Lipinski definition) is 2. The lowest BCUT2D eigenvalue weighted by Crippen LogP contribution is -2.15. The van der Waals surface area contributed by atoms with E-state index >= 15 is 0 Å². The molecule has 0 fully saturated rings. The molecule has 168 valence electrons. The van der Waals surface area contributed by atoms with Crippen LogP contribution in [0.4, 0.5) is 5.69 Å². The van der Waals surface area contributed by atoms with Gasteiger partial charge >= 0.3 is 0 Å². The van der Waals surface area contributed by atoms with Crippen LogP contribution in [0.3, 0.4) is 0 Å². The summed E-state index contributed by atoms with van der Waals surface area (Å²) >= 11 is 3.04. The Hall–Kier alpha value is -3.10. The van der Waals surface area contributed by atoms with Crippen molar-refractivity contribution in [3.05, 3.63) is 80.7 Å². The topological polar surface area (TPSA) is 84.1 Å². The third-order valence-corrected chi connectivity index (χ3v) is 7.60. The van der Waals surface area contributed by atoms with Gasteiger partial charge in [0.25, 0.3) is 5.56 Å². The number of hydrogen-bond acceptors (Lipinski definition) is 6. The van der Waals surface area contributed by atoms with Gasteiger partial charge in [0.2, 0.25) is 5.91 Å². The number of nitrogens with zero attached hydrogens (tertiary/aromatic N) is 1. The number of nitrogens with one attached hydrogen (secondary N) is 2. The third-order valence-electron chi connectivity index (χ3n) is 5.47. The first-order valence-electron chi connectivity index (χ1n) is 10.8. The number of aromatic nitrogens is 2. The Morgan fingerprint density at radius 2 is 2.09 bits per heavy atom. The normalized spacial score (nSPS) is 12.6. The molecule has 6 nitrogen and oxygen atoms in total. The Kier molecular flexibility index (Phi) is 6.20. The van der Waals surface area contributed by atoms with Gasteiger partial charge in [-0.05, 0) is 61.6 Å². The molecule has 1 amide bonds. The summed E-state index contributed by atoms with van der Waals surface area (Å²) in [7, 11) is 0. The van der Waals surface area contributed by atoms with Crippen molar-refractivity contribution in [2.24, 2.45) is 0 Å². The van der Waals surface area contributed by atoms with E-state index in [-0.39, 0.29) is 17.2 Å². The second kappa shape index (κ2) is 9.41. The molecule has 33 heavy (non-hydrogen) atoms. The number of rotatable bonds is 7. The monoisotopic (exact) mass is 477 g/mol. The molecule has 2 heterocycles. The number of fused-ring (bicyclic) bond motifs is 3. The summed E-state index contributed by atoms with van der Waals surface area (Å²) in [6.07, 6.45) is 3.11.